The smallest absolute Gasteiger partial charge is 0.256 e. The number of amides is 1. The molecule has 9 nitrogen and oxygen atoms in total. The molecule has 0 atom stereocenters. The van der Waals surface area contributed by atoms with E-state index in [9.17, 15) is 13.2 Å². The molecule has 1 aliphatic carbocycles. The van der Waals surface area contributed by atoms with Gasteiger partial charge >= 0.3 is 0 Å². The minimum atomic E-state index is -3.63. The Morgan fingerprint density at radius 3 is 2.54 bits per heavy atom. The molecule has 2 aromatic carbocycles. The van der Waals surface area contributed by atoms with Crippen molar-refractivity contribution in [2.24, 2.45) is 0 Å². The molecule has 1 N–H and O–H groups in total. The van der Waals surface area contributed by atoms with Gasteiger partial charge < -0.3 is 10.1 Å². The maximum absolute atomic E-state index is 13.1. The van der Waals surface area contributed by atoms with Gasteiger partial charge in [-0.15, -0.1) is 0 Å². The van der Waals surface area contributed by atoms with E-state index in [-0.39, 0.29) is 16.8 Å². The molecule has 0 bridgehead atoms. The highest BCUT2D eigenvalue weighted by Crippen LogP contribution is 2.30. The highest BCUT2D eigenvalue weighted by atomic mass is 32.2. The topological polar surface area (TPSA) is 106 Å². The summed E-state index contributed by atoms with van der Waals surface area (Å²) in [4.78, 5) is 17.9. The van der Waals surface area contributed by atoms with Crippen LogP contribution in [0.3, 0.4) is 0 Å². The van der Waals surface area contributed by atoms with E-state index < -0.39 is 10.0 Å². The first-order chi connectivity index (χ1) is 17.8. The molecule has 0 unspecified atom stereocenters. The minimum Gasteiger partial charge on any atom is -0.497 e. The number of aromatic nitrogens is 3. The molecule has 0 aliphatic heterocycles. The predicted molar refractivity (Wildman–Crippen MR) is 144 cm³/mol. The molecule has 5 rings (SSSR count). The van der Waals surface area contributed by atoms with E-state index >= 15 is 0 Å². The summed E-state index contributed by atoms with van der Waals surface area (Å²) < 4.78 is 35.6. The Kier molecular flexibility index (Phi) is 7.02. The number of methoxy groups -OCH3 is 1. The highest BCUT2D eigenvalue weighted by molar-refractivity contribution is 7.89. The SMILES string of the molecule is COc1ccc2sc(-n3nc(C)cc3NC(=O)c3ccc(S(=O)(=O)N(C)C4CCCCC4)cc3)nc2c1. The van der Waals surface area contributed by atoms with Gasteiger partial charge in [0.05, 0.1) is 27.9 Å². The van der Waals surface area contributed by atoms with Crippen LogP contribution < -0.4 is 10.1 Å². The van der Waals surface area contributed by atoms with Crippen LogP contribution in [0.1, 0.15) is 48.2 Å². The number of nitrogens with zero attached hydrogens (tertiary/aromatic N) is 4. The van der Waals surface area contributed by atoms with E-state index in [1.165, 1.54) is 39.9 Å². The van der Waals surface area contributed by atoms with E-state index in [2.05, 4.69) is 15.4 Å². The molecule has 194 valence electrons. The van der Waals surface area contributed by atoms with Crippen molar-refractivity contribution in [3.05, 3.63) is 59.8 Å². The average molecular weight is 540 g/mol. The molecule has 1 saturated carbocycles. The number of carbonyl (C=O) groups is 1. The number of fused-ring (bicyclic) bond motifs is 1. The van der Waals surface area contributed by atoms with Gasteiger partial charge in [-0.2, -0.15) is 14.1 Å². The van der Waals surface area contributed by atoms with Crippen LogP contribution in [0.25, 0.3) is 15.3 Å². The fourth-order valence-corrected chi connectivity index (χ4v) is 6.95. The number of hydrogen-bond acceptors (Lipinski definition) is 7. The van der Waals surface area contributed by atoms with Gasteiger partial charge in [0.2, 0.25) is 15.2 Å². The molecule has 37 heavy (non-hydrogen) atoms. The first-order valence-electron chi connectivity index (χ1n) is 12.2. The number of benzene rings is 2. The van der Waals surface area contributed by atoms with Crippen molar-refractivity contribution in [1.82, 2.24) is 19.1 Å². The molecule has 0 spiro atoms. The number of anilines is 1. The lowest BCUT2D eigenvalue weighted by Crippen LogP contribution is -2.38. The molecule has 1 aliphatic rings. The second-order valence-electron chi connectivity index (χ2n) is 9.20. The maximum atomic E-state index is 13.1. The maximum Gasteiger partial charge on any atom is 0.256 e. The number of ether oxygens (including phenoxy) is 1. The summed E-state index contributed by atoms with van der Waals surface area (Å²) in [5.74, 6) is 0.820. The van der Waals surface area contributed by atoms with Crippen LogP contribution in [0.4, 0.5) is 5.82 Å². The summed E-state index contributed by atoms with van der Waals surface area (Å²) in [6.07, 6.45) is 5.01. The molecular formula is C26H29N5O4S2. The monoisotopic (exact) mass is 539 g/mol. The van der Waals surface area contributed by atoms with Gasteiger partial charge in [0.15, 0.2) is 0 Å². The number of hydrogen-bond donors (Lipinski definition) is 1. The van der Waals surface area contributed by atoms with Crippen LogP contribution >= 0.6 is 11.3 Å². The first-order valence-corrected chi connectivity index (χ1v) is 14.4. The second-order valence-corrected chi connectivity index (χ2v) is 12.2. The van der Waals surface area contributed by atoms with Crippen molar-refractivity contribution < 1.29 is 17.9 Å². The average Bonchev–Trinajstić information content (AvgIpc) is 3.50. The molecular weight excluding hydrogens is 510 g/mol. The van der Waals surface area contributed by atoms with Crippen LogP contribution in [0.5, 0.6) is 5.75 Å². The normalized spacial score (nSPS) is 14.8. The van der Waals surface area contributed by atoms with Crippen molar-refractivity contribution in [3.8, 4) is 10.9 Å². The Morgan fingerprint density at radius 1 is 1.11 bits per heavy atom. The Hall–Kier alpha value is -3.28. The zero-order valence-corrected chi connectivity index (χ0v) is 22.6. The number of rotatable bonds is 7. The van der Waals surface area contributed by atoms with Crippen molar-refractivity contribution in [3.63, 3.8) is 0 Å². The Balaban J connectivity index is 1.35. The van der Waals surface area contributed by atoms with Crippen LogP contribution in [-0.2, 0) is 10.0 Å². The molecule has 0 radical (unpaired) electrons. The van der Waals surface area contributed by atoms with Crippen molar-refractivity contribution in [2.45, 2.75) is 50.0 Å². The zero-order valence-electron chi connectivity index (χ0n) is 21.0. The molecule has 1 amide bonds. The van der Waals surface area contributed by atoms with Gasteiger partial charge in [0, 0.05) is 30.8 Å². The fourth-order valence-electron chi connectivity index (χ4n) is 4.62. The van der Waals surface area contributed by atoms with Gasteiger partial charge in [-0.05, 0) is 56.2 Å². The second kappa shape index (κ2) is 10.2. The van der Waals surface area contributed by atoms with Crippen molar-refractivity contribution in [1.29, 1.82) is 0 Å². The Bertz CT molecular complexity index is 1540. The first kappa shape index (κ1) is 25.4. The molecule has 11 heteroatoms. The number of sulfonamides is 1. The van der Waals surface area contributed by atoms with Gasteiger partial charge in [-0.3, -0.25) is 4.79 Å². The largest absolute Gasteiger partial charge is 0.497 e. The number of nitrogens with one attached hydrogen (secondary N) is 1. The standard InChI is InChI=1S/C26H29N5O4S2/c1-17-15-24(31(29-17)26-27-22-16-20(35-3)11-14-23(22)36-26)28-25(32)18-9-12-21(13-10-18)37(33,34)30(2)19-7-5-4-6-8-19/h9-16,19H,4-8H2,1-3H3,(H,28,32). The van der Waals surface area contributed by atoms with Crippen molar-refractivity contribution in [2.75, 3.05) is 19.5 Å². The van der Waals surface area contributed by atoms with Crippen molar-refractivity contribution >= 4 is 43.3 Å². The molecule has 1 fully saturated rings. The van der Waals surface area contributed by atoms with E-state index in [4.69, 9.17) is 4.74 Å². The van der Waals surface area contributed by atoms with Gasteiger partial charge in [-0.1, -0.05) is 30.6 Å². The molecule has 4 aromatic rings. The van der Waals surface area contributed by atoms with Crippen LogP contribution in [0.2, 0.25) is 0 Å². The molecule has 0 saturated heterocycles. The number of aryl methyl sites for hydroxylation is 1. The van der Waals surface area contributed by atoms with E-state index in [1.807, 2.05) is 25.1 Å². The third kappa shape index (κ3) is 5.11. The summed E-state index contributed by atoms with van der Waals surface area (Å²) in [5.41, 5.74) is 1.85. The summed E-state index contributed by atoms with van der Waals surface area (Å²) in [5, 5.41) is 8.01. The summed E-state index contributed by atoms with van der Waals surface area (Å²) in [6, 6.07) is 13.5. The number of thiazole rings is 1. The van der Waals surface area contributed by atoms with Crippen LogP contribution in [0, 0.1) is 6.92 Å². The van der Waals surface area contributed by atoms with Crippen LogP contribution in [0.15, 0.2) is 53.4 Å². The lowest BCUT2D eigenvalue weighted by molar-refractivity contribution is 0.102. The lowest BCUT2D eigenvalue weighted by Gasteiger charge is -2.30. The van der Waals surface area contributed by atoms with E-state index in [1.54, 1.807) is 24.9 Å². The summed E-state index contributed by atoms with van der Waals surface area (Å²) in [6.45, 7) is 1.84. The Morgan fingerprint density at radius 2 is 1.84 bits per heavy atom. The predicted octanol–water partition coefficient (Wildman–Crippen LogP) is 5.00. The quantitative estimate of drug-likeness (QED) is 0.354. The summed E-state index contributed by atoms with van der Waals surface area (Å²) >= 11 is 1.45. The highest BCUT2D eigenvalue weighted by Gasteiger charge is 2.29. The fraction of sp³-hybridized carbons (Fsp3) is 0.346. The third-order valence-corrected chi connectivity index (χ3v) is 9.66. The zero-order chi connectivity index (χ0) is 26.2. The van der Waals surface area contributed by atoms with E-state index in [0.717, 1.165) is 48.0 Å². The number of carbonyl (C=O) groups excluding carboxylic acids is 1. The van der Waals surface area contributed by atoms with E-state index in [0.29, 0.717) is 22.3 Å². The van der Waals surface area contributed by atoms with Crippen LogP contribution in [-0.4, -0.2) is 53.6 Å². The molecule has 2 heterocycles. The summed E-state index contributed by atoms with van der Waals surface area (Å²) in [7, 11) is -0.372. The van der Waals surface area contributed by atoms with Gasteiger partial charge in [-0.25, -0.2) is 13.4 Å². The minimum absolute atomic E-state index is 0.0221. The lowest BCUT2D eigenvalue weighted by atomic mass is 9.96. The van der Waals surface area contributed by atoms with Gasteiger partial charge in [0.1, 0.15) is 11.6 Å². The Labute approximate surface area is 220 Å². The molecule has 2 aromatic heterocycles. The third-order valence-electron chi connectivity index (χ3n) is 6.72. The van der Waals surface area contributed by atoms with Gasteiger partial charge in [0.25, 0.3) is 5.91 Å².